The van der Waals surface area contributed by atoms with E-state index in [0.717, 1.165) is 25.0 Å². The third-order valence-electron chi connectivity index (χ3n) is 2.63. The molecular weight excluding hydrogens is 166 g/mol. The van der Waals surface area contributed by atoms with E-state index in [1.807, 2.05) is 13.8 Å². The van der Waals surface area contributed by atoms with Crippen LogP contribution >= 0.6 is 0 Å². The molecule has 0 saturated heterocycles. The van der Waals surface area contributed by atoms with Crippen LogP contribution in [-0.4, -0.2) is 28.0 Å². The lowest BCUT2D eigenvalue weighted by atomic mass is 10.0. The first-order valence-electron chi connectivity index (χ1n) is 4.98. The van der Waals surface area contributed by atoms with Gasteiger partial charge in [0.2, 0.25) is 0 Å². The number of hydrogen-bond acceptors (Lipinski definition) is 3. The molecular formula is C10H19NO2. The third-order valence-corrected chi connectivity index (χ3v) is 2.63. The highest BCUT2D eigenvalue weighted by molar-refractivity contribution is 5.13. The zero-order valence-corrected chi connectivity index (χ0v) is 8.45. The van der Waals surface area contributed by atoms with E-state index in [1.165, 1.54) is 10.6 Å². The molecule has 0 aliphatic carbocycles. The fourth-order valence-electron chi connectivity index (χ4n) is 1.64. The van der Waals surface area contributed by atoms with Gasteiger partial charge >= 0.3 is 0 Å². The van der Waals surface area contributed by atoms with E-state index in [0.29, 0.717) is 13.0 Å². The van der Waals surface area contributed by atoms with Crippen LogP contribution in [0.2, 0.25) is 0 Å². The monoisotopic (exact) mass is 185 g/mol. The molecule has 0 bridgehead atoms. The average Bonchev–Trinajstić information content (AvgIpc) is 2.11. The van der Waals surface area contributed by atoms with Crippen molar-refractivity contribution in [1.29, 1.82) is 0 Å². The quantitative estimate of drug-likeness (QED) is 0.706. The van der Waals surface area contributed by atoms with Crippen LogP contribution in [0.3, 0.4) is 0 Å². The number of hydroxylamine groups is 2. The molecule has 3 heteroatoms. The Labute approximate surface area is 79.6 Å². The topological polar surface area (TPSA) is 43.7 Å². The Kier molecular flexibility index (Phi) is 3.75. The molecule has 0 spiro atoms. The maximum atomic E-state index is 9.55. The number of aliphatic hydroxyl groups excluding tert-OH is 1. The van der Waals surface area contributed by atoms with Gasteiger partial charge in [-0.15, -0.1) is 0 Å². The van der Waals surface area contributed by atoms with Crippen LogP contribution in [0.4, 0.5) is 0 Å². The van der Waals surface area contributed by atoms with Crippen molar-refractivity contribution in [1.82, 2.24) is 5.06 Å². The molecule has 2 N–H and O–H groups in total. The van der Waals surface area contributed by atoms with Crippen molar-refractivity contribution < 1.29 is 10.3 Å². The Hall–Kier alpha value is -0.540. The minimum Gasteiger partial charge on any atom is -0.393 e. The van der Waals surface area contributed by atoms with Gasteiger partial charge in [-0.25, -0.2) is 0 Å². The Morgan fingerprint density at radius 1 is 1.54 bits per heavy atom. The summed E-state index contributed by atoms with van der Waals surface area (Å²) < 4.78 is 0. The molecule has 0 amide bonds. The van der Waals surface area contributed by atoms with Gasteiger partial charge in [-0.1, -0.05) is 12.5 Å². The summed E-state index contributed by atoms with van der Waals surface area (Å²) in [5.74, 6) is 0. The Bertz CT molecular complexity index is 201. The van der Waals surface area contributed by atoms with Crippen molar-refractivity contribution in [3.63, 3.8) is 0 Å². The van der Waals surface area contributed by atoms with Crippen molar-refractivity contribution in [3.8, 4) is 0 Å². The molecule has 0 saturated carbocycles. The van der Waals surface area contributed by atoms with E-state index in [4.69, 9.17) is 0 Å². The Balaban J connectivity index is 2.63. The molecule has 1 atom stereocenters. The van der Waals surface area contributed by atoms with Crippen LogP contribution in [0, 0.1) is 0 Å². The van der Waals surface area contributed by atoms with Gasteiger partial charge < -0.3 is 5.11 Å². The number of rotatable bonds is 3. The molecule has 0 aromatic carbocycles. The first-order chi connectivity index (χ1) is 6.15. The van der Waals surface area contributed by atoms with Gasteiger partial charge in [-0.2, -0.15) is 0 Å². The summed E-state index contributed by atoms with van der Waals surface area (Å²) in [4.78, 5) is 0. The van der Waals surface area contributed by atoms with Crippen molar-refractivity contribution in [2.24, 2.45) is 0 Å². The summed E-state index contributed by atoms with van der Waals surface area (Å²) in [5.41, 5.74) is 2.13. The summed E-state index contributed by atoms with van der Waals surface area (Å²) >= 11 is 0. The number of hydrogen-bond donors (Lipinski definition) is 2. The number of nitrogens with zero attached hydrogens (tertiary/aromatic N) is 1. The van der Waals surface area contributed by atoms with Crippen molar-refractivity contribution in [2.75, 3.05) is 6.54 Å². The summed E-state index contributed by atoms with van der Waals surface area (Å²) in [7, 11) is 0. The molecule has 0 aromatic rings. The normalized spacial score (nSPS) is 20.8. The summed E-state index contributed by atoms with van der Waals surface area (Å²) in [6.45, 7) is 4.67. The van der Waals surface area contributed by atoms with Crippen LogP contribution in [0.1, 0.15) is 39.5 Å². The van der Waals surface area contributed by atoms with E-state index in [2.05, 4.69) is 0 Å². The third kappa shape index (κ3) is 2.71. The van der Waals surface area contributed by atoms with Gasteiger partial charge in [-0.3, -0.25) is 10.3 Å². The smallest absolute Gasteiger partial charge is 0.0593 e. The van der Waals surface area contributed by atoms with Gasteiger partial charge in [-0.05, 0) is 26.2 Å². The fraction of sp³-hybridized carbons (Fsp3) is 0.800. The van der Waals surface area contributed by atoms with Crippen LogP contribution in [0.15, 0.2) is 11.3 Å². The highest BCUT2D eigenvalue weighted by atomic mass is 16.5. The lowest BCUT2D eigenvalue weighted by Gasteiger charge is -2.28. The summed E-state index contributed by atoms with van der Waals surface area (Å²) in [6, 6.07) is 0. The molecule has 1 heterocycles. The molecule has 0 fully saturated rings. The van der Waals surface area contributed by atoms with Crippen molar-refractivity contribution >= 4 is 0 Å². The highest BCUT2D eigenvalue weighted by Gasteiger charge is 2.17. The van der Waals surface area contributed by atoms with Crippen molar-refractivity contribution in [2.45, 2.75) is 45.6 Å². The largest absolute Gasteiger partial charge is 0.393 e. The predicted molar refractivity (Wildman–Crippen MR) is 51.3 cm³/mol. The standard InChI is InChI=1S/C10H19NO2/c1-3-9(12)7-10-8(2)5-4-6-11(10)13/h9,12-13H,3-7H2,1-2H3. The zero-order valence-electron chi connectivity index (χ0n) is 8.45. The van der Waals surface area contributed by atoms with Crippen LogP contribution < -0.4 is 0 Å². The predicted octanol–water partition coefficient (Wildman–Crippen LogP) is 1.91. The molecule has 1 unspecified atom stereocenters. The Morgan fingerprint density at radius 3 is 2.77 bits per heavy atom. The second-order valence-electron chi connectivity index (χ2n) is 3.72. The van der Waals surface area contributed by atoms with Gasteiger partial charge in [0.25, 0.3) is 0 Å². The minimum absolute atomic E-state index is 0.322. The van der Waals surface area contributed by atoms with E-state index in [-0.39, 0.29) is 6.10 Å². The Morgan fingerprint density at radius 2 is 2.23 bits per heavy atom. The summed E-state index contributed by atoms with van der Waals surface area (Å²) in [5, 5.41) is 20.3. The van der Waals surface area contributed by atoms with E-state index >= 15 is 0 Å². The van der Waals surface area contributed by atoms with Gasteiger partial charge in [0.05, 0.1) is 6.10 Å². The highest BCUT2D eigenvalue weighted by Crippen LogP contribution is 2.24. The molecule has 1 aliphatic rings. The molecule has 13 heavy (non-hydrogen) atoms. The minimum atomic E-state index is -0.322. The second-order valence-corrected chi connectivity index (χ2v) is 3.72. The number of aliphatic hydroxyl groups is 1. The fourth-order valence-corrected chi connectivity index (χ4v) is 1.64. The maximum absolute atomic E-state index is 9.55. The van der Waals surface area contributed by atoms with Crippen LogP contribution in [0.25, 0.3) is 0 Å². The summed E-state index contributed by atoms with van der Waals surface area (Å²) in [6.07, 6.45) is 3.05. The van der Waals surface area contributed by atoms with Crippen LogP contribution in [-0.2, 0) is 0 Å². The first kappa shape index (κ1) is 10.5. The first-order valence-corrected chi connectivity index (χ1v) is 4.98. The molecule has 0 radical (unpaired) electrons. The molecule has 76 valence electrons. The maximum Gasteiger partial charge on any atom is 0.0593 e. The lowest BCUT2D eigenvalue weighted by molar-refractivity contribution is -0.0700. The van der Waals surface area contributed by atoms with Crippen LogP contribution in [0.5, 0.6) is 0 Å². The molecule has 3 nitrogen and oxygen atoms in total. The molecule has 0 aromatic heterocycles. The van der Waals surface area contributed by atoms with Gasteiger partial charge in [0, 0.05) is 18.7 Å². The molecule has 1 aliphatic heterocycles. The number of allylic oxidation sites excluding steroid dienone is 1. The average molecular weight is 185 g/mol. The second kappa shape index (κ2) is 4.63. The molecule has 1 rings (SSSR count). The van der Waals surface area contributed by atoms with Gasteiger partial charge in [0.15, 0.2) is 0 Å². The van der Waals surface area contributed by atoms with E-state index < -0.39 is 0 Å². The van der Waals surface area contributed by atoms with Gasteiger partial charge in [0.1, 0.15) is 0 Å². The van der Waals surface area contributed by atoms with Crippen molar-refractivity contribution in [3.05, 3.63) is 11.3 Å². The van der Waals surface area contributed by atoms with E-state index in [1.54, 1.807) is 0 Å². The lowest BCUT2D eigenvalue weighted by Crippen LogP contribution is -2.27. The zero-order chi connectivity index (χ0) is 9.84. The van der Waals surface area contributed by atoms with E-state index in [9.17, 15) is 10.3 Å². The SMILES string of the molecule is CCC(O)CC1=C(C)CCCN1O.